The number of hydrogen-bond donors (Lipinski definition) is 1. The number of esters is 1. The van der Waals surface area contributed by atoms with Gasteiger partial charge in [-0.25, -0.2) is 9.59 Å². The Morgan fingerprint density at radius 1 is 1.27 bits per heavy atom. The molecule has 1 aliphatic rings. The molecule has 10 heteroatoms. The van der Waals surface area contributed by atoms with Crippen LogP contribution in [0.5, 0.6) is 11.5 Å². The van der Waals surface area contributed by atoms with Crippen LogP contribution in [0, 0.1) is 3.57 Å². The van der Waals surface area contributed by atoms with Crippen LogP contribution in [0.2, 0.25) is 0 Å². The van der Waals surface area contributed by atoms with E-state index >= 15 is 0 Å². The van der Waals surface area contributed by atoms with Crippen LogP contribution in [0.25, 0.3) is 6.08 Å². The number of ether oxygens (including phenoxy) is 3. The number of hydrogen-bond acceptors (Lipinski definition) is 7. The van der Waals surface area contributed by atoms with E-state index in [-0.39, 0.29) is 23.8 Å². The molecule has 0 atom stereocenters. The fourth-order valence-electron chi connectivity index (χ4n) is 2.82. The maximum atomic E-state index is 12.7. The Balaban J connectivity index is 1.82. The molecule has 1 N–H and O–H groups in total. The summed E-state index contributed by atoms with van der Waals surface area (Å²) >= 11 is 2.12. The van der Waals surface area contributed by atoms with Crippen molar-refractivity contribution in [2.75, 3.05) is 20.8 Å². The van der Waals surface area contributed by atoms with Gasteiger partial charge in [-0.05, 0) is 65.4 Å². The number of halogens is 1. The van der Waals surface area contributed by atoms with Crippen LogP contribution in [0.15, 0.2) is 34.4 Å². The van der Waals surface area contributed by atoms with Crippen molar-refractivity contribution in [3.05, 3.63) is 50.6 Å². The first-order valence-electron chi connectivity index (χ1n) is 8.89. The van der Waals surface area contributed by atoms with E-state index in [1.165, 1.54) is 26.4 Å². The van der Waals surface area contributed by atoms with E-state index in [1.807, 2.05) is 13.0 Å². The summed E-state index contributed by atoms with van der Waals surface area (Å²) in [6.45, 7) is 2.24. The number of benzene rings is 1. The molecule has 1 aliphatic heterocycles. The first-order chi connectivity index (χ1) is 14.4. The van der Waals surface area contributed by atoms with Gasteiger partial charge < -0.3 is 23.9 Å². The summed E-state index contributed by atoms with van der Waals surface area (Å²) in [4.78, 5) is 37.5. The molecule has 0 saturated carbocycles. The van der Waals surface area contributed by atoms with Crippen molar-refractivity contribution in [1.29, 1.82) is 0 Å². The molecule has 2 aromatic rings. The molecule has 1 aromatic heterocycles. The van der Waals surface area contributed by atoms with E-state index in [4.69, 9.17) is 13.9 Å². The topological polar surface area (TPSA) is 107 Å². The number of urea groups is 1. The SMILES string of the molecule is CCOc1c(I)cc(/C=C2\NC(=O)N(Cc3ccc(C(=O)OC)o3)C2=O)cc1OC. The van der Waals surface area contributed by atoms with Gasteiger partial charge in [-0.15, -0.1) is 0 Å². The maximum Gasteiger partial charge on any atom is 0.373 e. The minimum atomic E-state index is -0.641. The van der Waals surface area contributed by atoms with E-state index in [1.54, 1.807) is 12.1 Å². The van der Waals surface area contributed by atoms with Crippen molar-refractivity contribution < 1.29 is 33.0 Å². The first-order valence-corrected chi connectivity index (χ1v) is 9.97. The number of carbonyl (C=O) groups is 3. The van der Waals surface area contributed by atoms with Gasteiger partial charge in [0.2, 0.25) is 5.76 Å². The third-order valence-electron chi connectivity index (χ3n) is 4.18. The second kappa shape index (κ2) is 9.20. The lowest BCUT2D eigenvalue weighted by Gasteiger charge is -2.12. The van der Waals surface area contributed by atoms with Gasteiger partial charge in [0, 0.05) is 0 Å². The molecule has 0 spiro atoms. The van der Waals surface area contributed by atoms with E-state index < -0.39 is 17.9 Å². The number of amides is 3. The highest BCUT2D eigenvalue weighted by Gasteiger charge is 2.34. The van der Waals surface area contributed by atoms with Crippen LogP contribution in [0.3, 0.4) is 0 Å². The lowest BCUT2D eigenvalue weighted by Crippen LogP contribution is -2.30. The van der Waals surface area contributed by atoms with Crippen LogP contribution in [-0.4, -0.2) is 43.6 Å². The average molecular weight is 526 g/mol. The van der Waals surface area contributed by atoms with Crippen LogP contribution in [0.1, 0.15) is 28.8 Å². The van der Waals surface area contributed by atoms with E-state index in [2.05, 4.69) is 32.6 Å². The van der Waals surface area contributed by atoms with Gasteiger partial charge in [-0.3, -0.25) is 9.69 Å². The van der Waals surface area contributed by atoms with Gasteiger partial charge in [-0.1, -0.05) is 0 Å². The van der Waals surface area contributed by atoms with Crippen molar-refractivity contribution in [1.82, 2.24) is 10.2 Å². The van der Waals surface area contributed by atoms with Gasteiger partial charge >= 0.3 is 12.0 Å². The normalized spacial score (nSPS) is 14.8. The van der Waals surface area contributed by atoms with Crippen molar-refractivity contribution >= 4 is 46.6 Å². The number of nitrogens with one attached hydrogen (secondary N) is 1. The van der Waals surface area contributed by atoms with Crippen molar-refractivity contribution in [2.24, 2.45) is 0 Å². The molecule has 158 valence electrons. The zero-order valence-electron chi connectivity index (χ0n) is 16.5. The summed E-state index contributed by atoms with van der Waals surface area (Å²) < 4.78 is 21.7. The number of nitrogens with zero attached hydrogens (tertiary/aromatic N) is 1. The highest BCUT2D eigenvalue weighted by molar-refractivity contribution is 14.1. The smallest absolute Gasteiger partial charge is 0.373 e. The number of carbonyl (C=O) groups excluding carboxylic acids is 3. The predicted octanol–water partition coefficient (Wildman–Crippen LogP) is 3.17. The molecule has 0 aliphatic carbocycles. The third-order valence-corrected chi connectivity index (χ3v) is 4.98. The summed E-state index contributed by atoms with van der Waals surface area (Å²) in [7, 11) is 2.76. The van der Waals surface area contributed by atoms with Gasteiger partial charge in [-0.2, -0.15) is 0 Å². The van der Waals surface area contributed by atoms with Crippen LogP contribution in [-0.2, 0) is 16.1 Å². The summed E-state index contributed by atoms with van der Waals surface area (Å²) in [6.07, 6.45) is 1.56. The van der Waals surface area contributed by atoms with Crippen LogP contribution >= 0.6 is 22.6 Å². The molecule has 1 aromatic carbocycles. The Morgan fingerprint density at radius 3 is 2.70 bits per heavy atom. The van der Waals surface area contributed by atoms with Crippen molar-refractivity contribution in [3.8, 4) is 11.5 Å². The van der Waals surface area contributed by atoms with E-state index in [0.717, 1.165) is 8.47 Å². The Hall–Kier alpha value is -3.02. The molecule has 30 heavy (non-hydrogen) atoms. The van der Waals surface area contributed by atoms with Gasteiger partial charge in [0.05, 0.1) is 30.9 Å². The van der Waals surface area contributed by atoms with E-state index in [9.17, 15) is 14.4 Å². The molecular weight excluding hydrogens is 507 g/mol. The summed E-state index contributed by atoms with van der Waals surface area (Å²) in [5, 5.41) is 2.55. The quantitative estimate of drug-likeness (QED) is 0.256. The Kier molecular flexibility index (Phi) is 6.65. The highest BCUT2D eigenvalue weighted by atomic mass is 127. The molecule has 0 unspecified atom stereocenters. The summed E-state index contributed by atoms with van der Waals surface area (Å²) in [6, 6.07) is 5.88. The lowest BCUT2D eigenvalue weighted by atomic mass is 10.1. The number of rotatable bonds is 7. The molecule has 9 nitrogen and oxygen atoms in total. The monoisotopic (exact) mass is 526 g/mol. The lowest BCUT2D eigenvalue weighted by molar-refractivity contribution is -0.123. The van der Waals surface area contributed by atoms with Crippen LogP contribution < -0.4 is 14.8 Å². The van der Waals surface area contributed by atoms with Gasteiger partial charge in [0.1, 0.15) is 11.5 Å². The molecule has 0 bridgehead atoms. The van der Waals surface area contributed by atoms with Gasteiger partial charge in [0.25, 0.3) is 5.91 Å². The second-order valence-corrected chi connectivity index (χ2v) is 7.27. The van der Waals surface area contributed by atoms with Crippen molar-refractivity contribution in [3.63, 3.8) is 0 Å². The maximum absolute atomic E-state index is 12.7. The predicted molar refractivity (Wildman–Crippen MR) is 114 cm³/mol. The minimum absolute atomic E-state index is 0.00798. The third kappa shape index (κ3) is 4.42. The van der Waals surface area contributed by atoms with Crippen LogP contribution in [0.4, 0.5) is 4.79 Å². The zero-order chi connectivity index (χ0) is 21.8. The molecule has 2 heterocycles. The van der Waals surface area contributed by atoms with Gasteiger partial charge in [0.15, 0.2) is 11.5 Å². The second-order valence-electron chi connectivity index (χ2n) is 6.10. The standard InChI is InChI=1S/C20H19IN2O7/c1-4-29-17-13(21)7-11(9-16(17)27-2)8-14-18(24)23(20(26)22-14)10-12-5-6-15(30-12)19(25)28-3/h5-9H,4,10H2,1-3H3,(H,22,26)/b14-8-. The fourth-order valence-corrected chi connectivity index (χ4v) is 3.60. The number of furan rings is 1. The molecule has 3 amide bonds. The van der Waals surface area contributed by atoms with E-state index in [0.29, 0.717) is 23.7 Å². The fraction of sp³-hybridized carbons (Fsp3) is 0.250. The number of imide groups is 1. The Morgan fingerprint density at radius 2 is 2.03 bits per heavy atom. The summed E-state index contributed by atoms with van der Waals surface area (Å²) in [5.41, 5.74) is 0.776. The Bertz CT molecular complexity index is 1030. The first kappa shape index (κ1) is 21.7. The largest absolute Gasteiger partial charge is 0.493 e. The average Bonchev–Trinajstić information content (AvgIpc) is 3.30. The zero-order valence-corrected chi connectivity index (χ0v) is 18.6. The molecule has 1 saturated heterocycles. The molecular formula is C20H19IN2O7. The minimum Gasteiger partial charge on any atom is -0.493 e. The summed E-state index contributed by atoms with van der Waals surface area (Å²) in [5.74, 6) is 0.251. The highest BCUT2D eigenvalue weighted by Crippen LogP contribution is 2.34. The Labute approximate surface area is 186 Å². The molecule has 0 radical (unpaired) electrons. The number of methoxy groups -OCH3 is 2. The van der Waals surface area contributed by atoms with Crippen molar-refractivity contribution in [2.45, 2.75) is 13.5 Å². The molecule has 1 fully saturated rings. The molecule has 3 rings (SSSR count).